The van der Waals surface area contributed by atoms with E-state index in [1.807, 2.05) is 10.9 Å². The van der Waals surface area contributed by atoms with Gasteiger partial charge in [0.25, 0.3) is 5.91 Å². The Labute approximate surface area is 169 Å². The number of rotatable bonds is 1. The average Bonchev–Trinajstić information content (AvgIpc) is 3.19. The molecule has 0 unspecified atom stereocenters. The summed E-state index contributed by atoms with van der Waals surface area (Å²) < 4.78 is 15.8. The maximum Gasteiger partial charge on any atom is 0.256 e. The van der Waals surface area contributed by atoms with Gasteiger partial charge in [-0.05, 0) is 37.8 Å². The summed E-state index contributed by atoms with van der Waals surface area (Å²) in [6, 6.07) is 6.05. The van der Waals surface area contributed by atoms with Crippen molar-refractivity contribution >= 4 is 11.8 Å². The summed E-state index contributed by atoms with van der Waals surface area (Å²) in [5.41, 5.74) is 0.359. The van der Waals surface area contributed by atoms with Crippen molar-refractivity contribution in [2.45, 2.75) is 51.6 Å². The van der Waals surface area contributed by atoms with Crippen LogP contribution in [-0.4, -0.2) is 44.8 Å². The zero-order chi connectivity index (χ0) is 20.3. The zero-order valence-corrected chi connectivity index (χ0v) is 16.4. The standard InChI is InChI=1S/C21H26FN5O2/c22-18-7-3-2-6-17(18)19(28)26-12-9-21(10-13-26)8-4-1-5-11-27-15-16(24-25-27)14-23-20(21)29/h2-3,6-7,15H,1,4-5,8-14H2,(H,23,29). The summed E-state index contributed by atoms with van der Waals surface area (Å²) in [5.74, 6) is -0.789. The number of aromatic nitrogens is 3. The van der Waals surface area contributed by atoms with Crippen molar-refractivity contribution in [3.63, 3.8) is 0 Å². The van der Waals surface area contributed by atoms with Crippen LogP contribution in [0.5, 0.6) is 0 Å². The predicted octanol–water partition coefficient (Wildman–Crippen LogP) is 2.53. The van der Waals surface area contributed by atoms with Crippen LogP contribution in [0.2, 0.25) is 0 Å². The largest absolute Gasteiger partial charge is 0.350 e. The Balaban J connectivity index is 1.45. The number of carbonyl (C=O) groups is 2. The van der Waals surface area contributed by atoms with E-state index in [9.17, 15) is 14.0 Å². The number of likely N-dealkylation sites (tertiary alicyclic amines) is 1. The van der Waals surface area contributed by atoms with Crippen LogP contribution < -0.4 is 5.32 Å². The van der Waals surface area contributed by atoms with Crippen molar-refractivity contribution in [3.05, 3.63) is 47.5 Å². The minimum atomic E-state index is -0.505. The molecule has 1 saturated heterocycles. The first kappa shape index (κ1) is 19.5. The number of halogens is 1. The highest BCUT2D eigenvalue weighted by atomic mass is 19.1. The fourth-order valence-electron chi connectivity index (χ4n) is 4.33. The van der Waals surface area contributed by atoms with Crippen LogP contribution in [0.15, 0.2) is 30.5 Å². The molecule has 2 amide bonds. The van der Waals surface area contributed by atoms with Crippen LogP contribution in [0.4, 0.5) is 4.39 Å². The molecule has 0 atom stereocenters. The molecular formula is C21H26FN5O2. The first-order valence-corrected chi connectivity index (χ1v) is 10.3. The van der Waals surface area contributed by atoms with Crippen LogP contribution in [0, 0.1) is 11.2 Å². The monoisotopic (exact) mass is 399 g/mol. The number of piperidine rings is 1. The summed E-state index contributed by atoms with van der Waals surface area (Å²) in [4.78, 5) is 27.5. The van der Waals surface area contributed by atoms with Crippen molar-refractivity contribution in [2.24, 2.45) is 5.41 Å². The zero-order valence-electron chi connectivity index (χ0n) is 16.4. The van der Waals surface area contributed by atoms with Crippen molar-refractivity contribution in [2.75, 3.05) is 13.1 Å². The molecule has 2 bridgehead atoms. The second kappa shape index (κ2) is 8.31. The smallest absolute Gasteiger partial charge is 0.256 e. The first-order valence-electron chi connectivity index (χ1n) is 10.3. The molecule has 0 radical (unpaired) electrons. The fourth-order valence-corrected chi connectivity index (χ4v) is 4.33. The van der Waals surface area contributed by atoms with E-state index >= 15 is 0 Å². The van der Waals surface area contributed by atoms with E-state index in [1.54, 1.807) is 17.0 Å². The molecule has 1 aromatic carbocycles. The van der Waals surface area contributed by atoms with Crippen LogP contribution in [0.3, 0.4) is 0 Å². The number of hydrogen-bond acceptors (Lipinski definition) is 4. The van der Waals surface area contributed by atoms with E-state index < -0.39 is 11.2 Å². The number of benzene rings is 1. The number of nitrogens with one attached hydrogen (secondary N) is 1. The molecule has 154 valence electrons. The van der Waals surface area contributed by atoms with Gasteiger partial charge in [-0.2, -0.15) is 0 Å². The average molecular weight is 399 g/mol. The van der Waals surface area contributed by atoms with E-state index in [-0.39, 0.29) is 17.4 Å². The van der Waals surface area contributed by atoms with Gasteiger partial charge in [-0.1, -0.05) is 30.2 Å². The highest BCUT2D eigenvalue weighted by Gasteiger charge is 2.42. The molecule has 2 aliphatic rings. The topological polar surface area (TPSA) is 80.1 Å². The lowest BCUT2D eigenvalue weighted by atomic mass is 9.73. The van der Waals surface area contributed by atoms with Gasteiger partial charge in [0.2, 0.25) is 5.91 Å². The number of hydrogen-bond donors (Lipinski definition) is 1. The number of nitrogens with zero attached hydrogens (tertiary/aromatic N) is 4. The SMILES string of the molecule is O=C(c1ccccc1F)N1CCC2(CCCCCn3cc(nn3)CNC2=O)CC1. The van der Waals surface area contributed by atoms with Crippen LogP contribution in [0.1, 0.15) is 54.6 Å². The first-order chi connectivity index (χ1) is 14.1. The van der Waals surface area contributed by atoms with Gasteiger partial charge in [-0.25, -0.2) is 4.39 Å². The van der Waals surface area contributed by atoms with Gasteiger partial charge >= 0.3 is 0 Å². The van der Waals surface area contributed by atoms with Gasteiger partial charge in [-0.15, -0.1) is 5.10 Å². The van der Waals surface area contributed by atoms with E-state index in [1.165, 1.54) is 12.1 Å². The Hall–Kier alpha value is -2.77. The molecule has 3 heterocycles. The summed E-state index contributed by atoms with van der Waals surface area (Å²) in [6.07, 6.45) is 6.83. The molecule has 2 aromatic rings. The van der Waals surface area contributed by atoms with E-state index in [0.29, 0.717) is 32.5 Å². The fraction of sp³-hybridized carbons (Fsp3) is 0.524. The van der Waals surface area contributed by atoms with Crippen molar-refractivity contribution in [3.8, 4) is 0 Å². The molecule has 1 spiro atoms. The minimum absolute atomic E-state index is 0.0191. The normalized spacial score (nSPS) is 19.9. The number of fused-ring (bicyclic) bond motifs is 2. The maximum absolute atomic E-state index is 14.0. The van der Waals surface area contributed by atoms with Crippen molar-refractivity contribution in [1.82, 2.24) is 25.2 Å². The number of carbonyl (C=O) groups excluding carboxylic acids is 2. The summed E-state index contributed by atoms with van der Waals surface area (Å²) >= 11 is 0. The summed E-state index contributed by atoms with van der Waals surface area (Å²) in [7, 11) is 0. The highest BCUT2D eigenvalue weighted by molar-refractivity contribution is 5.94. The Bertz CT molecular complexity index is 889. The second-order valence-electron chi connectivity index (χ2n) is 8.02. The second-order valence-corrected chi connectivity index (χ2v) is 8.02. The summed E-state index contributed by atoms with van der Waals surface area (Å²) in [5, 5.41) is 11.2. The lowest BCUT2D eigenvalue weighted by Gasteiger charge is -2.41. The van der Waals surface area contributed by atoms with Gasteiger partial charge < -0.3 is 10.2 Å². The van der Waals surface area contributed by atoms with Crippen LogP contribution in [-0.2, 0) is 17.9 Å². The third-order valence-electron chi connectivity index (χ3n) is 6.15. The molecule has 8 heteroatoms. The quantitative estimate of drug-likeness (QED) is 0.799. The predicted molar refractivity (Wildman–Crippen MR) is 104 cm³/mol. The molecule has 1 fully saturated rings. The van der Waals surface area contributed by atoms with E-state index in [4.69, 9.17) is 0 Å². The molecule has 4 rings (SSSR count). The maximum atomic E-state index is 14.0. The molecule has 1 aromatic heterocycles. The van der Waals surface area contributed by atoms with E-state index in [0.717, 1.165) is 37.9 Å². The Morgan fingerprint density at radius 1 is 1.07 bits per heavy atom. The Kier molecular flexibility index (Phi) is 5.60. The molecule has 7 nitrogen and oxygen atoms in total. The minimum Gasteiger partial charge on any atom is -0.350 e. The van der Waals surface area contributed by atoms with Gasteiger partial charge in [0.1, 0.15) is 11.5 Å². The third-order valence-corrected chi connectivity index (χ3v) is 6.15. The van der Waals surface area contributed by atoms with Gasteiger partial charge in [-0.3, -0.25) is 14.3 Å². The third kappa shape index (κ3) is 4.16. The van der Waals surface area contributed by atoms with Crippen LogP contribution >= 0.6 is 0 Å². The lowest BCUT2D eigenvalue weighted by molar-refractivity contribution is -0.134. The molecule has 29 heavy (non-hydrogen) atoms. The van der Waals surface area contributed by atoms with Gasteiger partial charge in [0, 0.05) is 19.6 Å². The van der Waals surface area contributed by atoms with E-state index in [2.05, 4.69) is 15.6 Å². The van der Waals surface area contributed by atoms with Gasteiger partial charge in [0.05, 0.1) is 23.7 Å². The Morgan fingerprint density at radius 2 is 1.86 bits per heavy atom. The van der Waals surface area contributed by atoms with Crippen molar-refractivity contribution < 1.29 is 14.0 Å². The van der Waals surface area contributed by atoms with Crippen molar-refractivity contribution in [1.29, 1.82) is 0 Å². The lowest BCUT2D eigenvalue weighted by Crippen LogP contribution is -2.50. The Morgan fingerprint density at radius 3 is 2.66 bits per heavy atom. The molecule has 0 saturated carbocycles. The molecular weight excluding hydrogens is 373 g/mol. The molecule has 1 N–H and O–H groups in total. The molecule has 2 aliphatic heterocycles. The highest BCUT2D eigenvalue weighted by Crippen LogP contribution is 2.38. The van der Waals surface area contributed by atoms with Crippen LogP contribution in [0.25, 0.3) is 0 Å². The molecule has 0 aliphatic carbocycles. The summed E-state index contributed by atoms with van der Waals surface area (Å²) in [6.45, 7) is 2.10. The van der Waals surface area contributed by atoms with Gasteiger partial charge in [0.15, 0.2) is 0 Å². The number of amides is 2. The number of aryl methyl sites for hydroxylation is 1.